The smallest absolute Gasteiger partial charge is 0.213 e. The van der Waals surface area contributed by atoms with E-state index in [0.717, 1.165) is 55.9 Å². The Bertz CT molecular complexity index is 1790. The third kappa shape index (κ3) is 6.39. The molecule has 0 spiro atoms. The van der Waals surface area contributed by atoms with E-state index in [9.17, 15) is 4.79 Å². The molecule has 0 aliphatic rings. The van der Waals surface area contributed by atoms with Crippen LogP contribution in [0.5, 0.6) is 0 Å². The minimum absolute atomic E-state index is 0.220. The summed E-state index contributed by atoms with van der Waals surface area (Å²) >= 11 is 12.1. The highest BCUT2D eigenvalue weighted by atomic mass is 35.5. The first-order valence-electron chi connectivity index (χ1n) is 14.0. The van der Waals surface area contributed by atoms with E-state index in [0.29, 0.717) is 10.0 Å². The van der Waals surface area contributed by atoms with E-state index in [1.54, 1.807) is 12.4 Å². The monoisotopic (exact) mass is 622 g/mol. The fraction of sp³-hybridized carbons (Fsp3) is 0.114. The van der Waals surface area contributed by atoms with Gasteiger partial charge in [-0.05, 0) is 83.6 Å². The van der Waals surface area contributed by atoms with Crippen molar-refractivity contribution in [1.82, 2.24) is 19.9 Å². The maximum absolute atomic E-state index is 12.8. The van der Waals surface area contributed by atoms with Gasteiger partial charge in [0.2, 0.25) is 5.78 Å². The van der Waals surface area contributed by atoms with Gasteiger partial charge in [-0.1, -0.05) is 93.6 Å². The van der Waals surface area contributed by atoms with Crippen molar-refractivity contribution in [3.63, 3.8) is 0 Å². The van der Waals surface area contributed by atoms with Gasteiger partial charge in [-0.25, -0.2) is 0 Å². The molecule has 6 aromatic rings. The van der Waals surface area contributed by atoms with Gasteiger partial charge in [-0.15, -0.1) is 10.2 Å². The number of aromatic nitrogens is 4. The maximum atomic E-state index is 12.8. The van der Waals surface area contributed by atoms with Crippen LogP contribution in [0.2, 0.25) is 10.0 Å². The first kappa shape index (κ1) is 29.2. The molecule has 0 atom stereocenters. The Morgan fingerprint density at radius 1 is 0.591 bits per heavy atom. The zero-order chi connectivity index (χ0) is 30.6. The van der Waals surface area contributed by atoms with Crippen LogP contribution in [0, 0.1) is 13.8 Å². The highest BCUT2D eigenvalue weighted by Gasteiger charge is 2.15. The molecule has 44 heavy (non-hydrogen) atoms. The average molecular weight is 624 g/mol. The van der Waals surface area contributed by atoms with Gasteiger partial charge in [0.1, 0.15) is 11.4 Å². The standard InChI is InChI=1S/C35H28Cl2N4O3/c1-23-19-27(25-3-9-29(36)10-4-25)7-13-32(23)34-15-17-38-40(34)43-21-31(42)22-44-41-35(16-18-39-41)33-14-8-28(20-24(33)2)26-5-11-30(37)12-6-26/h3-20H,21-22H2,1-2H3. The summed E-state index contributed by atoms with van der Waals surface area (Å²) in [7, 11) is 0. The molecular formula is C35H28Cl2N4O3. The van der Waals surface area contributed by atoms with Crippen molar-refractivity contribution >= 4 is 29.0 Å². The summed E-state index contributed by atoms with van der Waals surface area (Å²) < 4.78 is 0. The van der Waals surface area contributed by atoms with Crippen LogP contribution in [0.3, 0.4) is 0 Å². The fourth-order valence-electron chi connectivity index (χ4n) is 5.03. The number of carbonyl (C=O) groups is 1. The Morgan fingerprint density at radius 3 is 1.36 bits per heavy atom. The topological polar surface area (TPSA) is 71.2 Å². The minimum Gasteiger partial charge on any atom is -0.388 e. The van der Waals surface area contributed by atoms with E-state index in [2.05, 4.69) is 22.3 Å². The molecule has 0 aliphatic heterocycles. The summed E-state index contributed by atoms with van der Waals surface area (Å²) in [6, 6.07) is 31.5. The van der Waals surface area contributed by atoms with Crippen LogP contribution in [-0.4, -0.2) is 38.9 Å². The molecule has 0 saturated carbocycles. The van der Waals surface area contributed by atoms with Crippen LogP contribution >= 0.6 is 23.2 Å². The van der Waals surface area contributed by atoms with Crippen LogP contribution in [0.15, 0.2) is 109 Å². The van der Waals surface area contributed by atoms with Crippen molar-refractivity contribution in [2.75, 3.05) is 13.2 Å². The first-order valence-corrected chi connectivity index (χ1v) is 14.7. The number of hydrogen-bond donors (Lipinski definition) is 0. The van der Waals surface area contributed by atoms with E-state index in [4.69, 9.17) is 32.9 Å². The van der Waals surface area contributed by atoms with Crippen LogP contribution in [0.4, 0.5) is 0 Å². The van der Waals surface area contributed by atoms with Gasteiger partial charge in [0.15, 0.2) is 13.2 Å². The molecule has 2 aromatic heterocycles. The Balaban J connectivity index is 1.09. The Kier molecular flexibility index (Phi) is 8.50. The molecule has 0 unspecified atom stereocenters. The molecule has 2 heterocycles. The van der Waals surface area contributed by atoms with E-state index in [-0.39, 0.29) is 19.0 Å². The average Bonchev–Trinajstić information content (AvgIpc) is 3.69. The maximum Gasteiger partial charge on any atom is 0.213 e. The summed E-state index contributed by atoms with van der Waals surface area (Å²) in [4.78, 5) is 27.0. The summed E-state index contributed by atoms with van der Waals surface area (Å²) in [6.45, 7) is 3.61. The Hall–Kier alpha value is -4.85. The molecule has 0 radical (unpaired) electrons. The molecule has 0 N–H and O–H groups in total. The van der Waals surface area contributed by atoms with Crippen molar-refractivity contribution in [2.24, 2.45) is 0 Å². The van der Waals surface area contributed by atoms with Crippen molar-refractivity contribution in [2.45, 2.75) is 13.8 Å². The number of nitrogens with zero attached hydrogens (tertiary/aromatic N) is 4. The van der Waals surface area contributed by atoms with Gasteiger partial charge >= 0.3 is 0 Å². The lowest BCUT2D eigenvalue weighted by Crippen LogP contribution is -2.29. The van der Waals surface area contributed by atoms with Crippen molar-refractivity contribution in [1.29, 1.82) is 0 Å². The molecule has 0 amide bonds. The summed E-state index contributed by atoms with van der Waals surface area (Å²) in [5, 5.41) is 9.93. The third-order valence-electron chi connectivity index (χ3n) is 7.28. The highest BCUT2D eigenvalue weighted by Crippen LogP contribution is 2.30. The lowest BCUT2D eigenvalue weighted by molar-refractivity contribution is -0.129. The van der Waals surface area contributed by atoms with Gasteiger partial charge in [0.05, 0.1) is 12.4 Å². The van der Waals surface area contributed by atoms with Gasteiger partial charge in [0.25, 0.3) is 0 Å². The zero-order valence-corrected chi connectivity index (χ0v) is 25.6. The summed E-state index contributed by atoms with van der Waals surface area (Å²) in [5.41, 5.74) is 9.76. The van der Waals surface area contributed by atoms with Crippen LogP contribution in [0.25, 0.3) is 44.8 Å². The van der Waals surface area contributed by atoms with E-state index in [1.165, 1.54) is 9.69 Å². The number of Topliss-reactive ketones (excluding diaryl/α,β-unsaturated/α-hetero) is 1. The van der Waals surface area contributed by atoms with E-state index < -0.39 is 0 Å². The largest absolute Gasteiger partial charge is 0.388 e. The molecule has 0 saturated heterocycles. The number of halogens is 2. The third-order valence-corrected chi connectivity index (χ3v) is 7.78. The van der Waals surface area contributed by atoms with E-state index >= 15 is 0 Å². The van der Waals surface area contributed by atoms with Crippen molar-refractivity contribution in [3.8, 4) is 44.8 Å². The van der Waals surface area contributed by atoms with E-state index in [1.807, 2.05) is 98.8 Å². The van der Waals surface area contributed by atoms with Crippen LogP contribution < -0.4 is 9.68 Å². The van der Waals surface area contributed by atoms with Crippen molar-refractivity contribution < 1.29 is 14.5 Å². The number of carbonyl (C=O) groups excluding carboxylic acids is 1. The molecule has 4 aromatic carbocycles. The second-order valence-corrected chi connectivity index (χ2v) is 11.2. The minimum atomic E-state index is -0.266. The second-order valence-electron chi connectivity index (χ2n) is 10.3. The van der Waals surface area contributed by atoms with Crippen molar-refractivity contribution in [3.05, 3.63) is 131 Å². The quantitative estimate of drug-likeness (QED) is 0.156. The van der Waals surface area contributed by atoms with Crippen LogP contribution in [0.1, 0.15) is 11.1 Å². The molecule has 0 aliphatic carbocycles. The molecule has 9 heteroatoms. The number of benzene rings is 4. The normalized spacial score (nSPS) is 11.0. The first-order chi connectivity index (χ1) is 21.4. The van der Waals surface area contributed by atoms with Gasteiger partial charge in [-0.2, -0.15) is 0 Å². The predicted octanol–water partition coefficient (Wildman–Crippen LogP) is 7.80. The lowest BCUT2D eigenvalue weighted by Gasteiger charge is -2.13. The number of ketones is 1. The molecule has 6 rings (SSSR count). The van der Waals surface area contributed by atoms with Crippen LogP contribution in [-0.2, 0) is 4.79 Å². The Morgan fingerprint density at radius 2 is 0.977 bits per heavy atom. The Labute approximate surface area is 265 Å². The summed E-state index contributed by atoms with van der Waals surface area (Å²) in [5.74, 6) is -0.266. The number of hydrogen-bond acceptors (Lipinski definition) is 5. The molecule has 220 valence electrons. The SMILES string of the molecule is Cc1cc(-c2ccc(Cl)cc2)ccc1-c1ccnn1OCC(=O)COn1nccc1-c1ccc(-c2ccc(Cl)cc2)cc1C. The number of aryl methyl sites for hydroxylation is 2. The predicted molar refractivity (Wildman–Crippen MR) is 174 cm³/mol. The number of rotatable bonds is 10. The molecule has 0 bridgehead atoms. The lowest BCUT2D eigenvalue weighted by atomic mass is 9.98. The molecule has 7 nitrogen and oxygen atoms in total. The van der Waals surface area contributed by atoms with Gasteiger partial charge in [-0.3, -0.25) is 4.79 Å². The molecule has 0 fully saturated rings. The second kappa shape index (κ2) is 12.8. The molecular weight excluding hydrogens is 595 g/mol. The highest BCUT2D eigenvalue weighted by molar-refractivity contribution is 6.30. The zero-order valence-electron chi connectivity index (χ0n) is 24.1. The summed E-state index contributed by atoms with van der Waals surface area (Å²) in [6.07, 6.45) is 3.28. The van der Waals surface area contributed by atoms with Gasteiger partial charge < -0.3 is 9.68 Å². The van der Waals surface area contributed by atoms with Gasteiger partial charge in [0, 0.05) is 21.2 Å². The fourth-order valence-corrected chi connectivity index (χ4v) is 5.28.